The van der Waals surface area contributed by atoms with Crippen LogP contribution >= 0.6 is 0 Å². The first-order valence-corrected chi connectivity index (χ1v) is 6.84. The molecule has 0 aromatic heterocycles. The minimum Gasteiger partial charge on any atom is -0.478 e. The fraction of sp³-hybridized carbons (Fsp3) is 0.364. The maximum absolute atomic E-state index is 12.2. The van der Waals surface area contributed by atoms with Crippen LogP contribution in [-0.4, -0.2) is 43.2 Å². The first-order chi connectivity index (χ1) is 8.43. The van der Waals surface area contributed by atoms with Crippen LogP contribution in [0.3, 0.4) is 0 Å². The average Bonchev–Trinajstić information content (AvgIpc) is 2.76. The smallest absolute Gasteiger partial charge is 0.335 e. The van der Waals surface area contributed by atoms with Crippen molar-refractivity contribution in [1.82, 2.24) is 4.31 Å². The standard InChI is InChI=1S/C11H13NO5S/c1-8-12(6-7-17-8)18(15,16)10-4-2-9(3-5-10)11(13)14/h2-5,8H,6-7H2,1H3,(H,13,14). The summed E-state index contributed by atoms with van der Waals surface area (Å²) in [5.74, 6) is -1.09. The Bertz CT molecular complexity index is 551. The second-order valence-corrected chi connectivity index (χ2v) is 5.81. The van der Waals surface area contributed by atoms with E-state index in [2.05, 4.69) is 0 Å². The van der Waals surface area contributed by atoms with Crippen LogP contribution in [0.1, 0.15) is 17.3 Å². The zero-order chi connectivity index (χ0) is 13.3. The molecule has 6 nitrogen and oxygen atoms in total. The van der Waals surface area contributed by atoms with E-state index in [1.807, 2.05) is 0 Å². The average molecular weight is 271 g/mol. The van der Waals surface area contributed by atoms with E-state index in [4.69, 9.17) is 9.84 Å². The Balaban J connectivity index is 2.33. The largest absolute Gasteiger partial charge is 0.478 e. The summed E-state index contributed by atoms with van der Waals surface area (Å²) < 4.78 is 30.9. The number of carbonyl (C=O) groups is 1. The maximum Gasteiger partial charge on any atom is 0.335 e. The quantitative estimate of drug-likeness (QED) is 0.877. The van der Waals surface area contributed by atoms with Crippen molar-refractivity contribution in [3.63, 3.8) is 0 Å². The summed E-state index contributed by atoms with van der Waals surface area (Å²) in [6.07, 6.45) is -0.492. The second kappa shape index (κ2) is 4.68. The molecule has 1 fully saturated rings. The Hall–Kier alpha value is -1.44. The molecule has 1 unspecified atom stereocenters. The molecule has 98 valence electrons. The number of rotatable bonds is 3. The highest BCUT2D eigenvalue weighted by molar-refractivity contribution is 7.89. The molecule has 1 aliphatic rings. The Labute approximate surface area is 105 Å². The first kappa shape index (κ1) is 13.0. The molecule has 1 aromatic rings. The molecule has 1 saturated heterocycles. The molecule has 0 aliphatic carbocycles. The minimum absolute atomic E-state index is 0.0553. The molecule has 18 heavy (non-hydrogen) atoms. The molecule has 1 aromatic carbocycles. The molecular weight excluding hydrogens is 258 g/mol. The number of aromatic carboxylic acids is 1. The molecule has 7 heteroatoms. The molecule has 1 atom stereocenters. The lowest BCUT2D eigenvalue weighted by Gasteiger charge is -2.19. The molecule has 0 amide bonds. The van der Waals surface area contributed by atoms with Gasteiger partial charge in [0.1, 0.15) is 6.23 Å². The van der Waals surface area contributed by atoms with Crippen molar-refractivity contribution in [2.75, 3.05) is 13.2 Å². The highest BCUT2D eigenvalue weighted by Crippen LogP contribution is 2.22. The van der Waals surface area contributed by atoms with E-state index in [1.165, 1.54) is 28.6 Å². The molecule has 1 N–H and O–H groups in total. The number of hydrogen-bond donors (Lipinski definition) is 1. The van der Waals surface area contributed by atoms with Gasteiger partial charge in [0.15, 0.2) is 0 Å². The minimum atomic E-state index is -3.61. The van der Waals surface area contributed by atoms with Crippen molar-refractivity contribution in [3.05, 3.63) is 29.8 Å². The van der Waals surface area contributed by atoms with Crippen molar-refractivity contribution in [1.29, 1.82) is 0 Å². The van der Waals surface area contributed by atoms with Crippen molar-refractivity contribution < 1.29 is 23.1 Å². The van der Waals surface area contributed by atoms with E-state index >= 15 is 0 Å². The van der Waals surface area contributed by atoms with Gasteiger partial charge in [-0.2, -0.15) is 4.31 Å². The summed E-state index contributed by atoms with van der Waals surface area (Å²) >= 11 is 0. The predicted octanol–water partition coefficient (Wildman–Crippen LogP) is 0.752. The third-order valence-electron chi connectivity index (χ3n) is 2.78. The van der Waals surface area contributed by atoms with Gasteiger partial charge in [-0.05, 0) is 31.2 Å². The first-order valence-electron chi connectivity index (χ1n) is 5.40. The molecule has 0 saturated carbocycles. The Morgan fingerprint density at radius 3 is 2.44 bits per heavy atom. The SMILES string of the molecule is CC1OCCN1S(=O)(=O)c1ccc(C(=O)O)cc1. The zero-order valence-corrected chi connectivity index (χ0v) is 10.6. The van der Waals surface area contributed by atoms with E-state index in [-0.39, 0.29) is 10.5 Å². The van der Waals surface area contributed by atoms with Crippen LogP contribution in [0.4, 0.5) is 0 Å². The van der Waals surface area contributed by atoms with Crippen molar-refractivity contribution >= 4 is 16.0 Å². The number of benzene rings is 1. The zero-order valence-electron chi connectivity index (χ0n) is 9.74. The molecule has 0 spiro atoms. The van der Waals surface area contributed by atoms with Crippen LogP contribution in [0.15, 0.2) is 29.2 Å². The number of carboxylic acid groups (broad SMARTS) is 1. The van der Waals surface area contributed by atoms with Gasteiger partial charge in [0.25, 0.3) is 0 Å². The number of carboxylic acids is 1. The summed E-state index contributed by atoms with van der Waals surface area (Å²) in [6, 6.07) is 5.14. The van der Waals surface area contributed by atoms with E-state index in [0.29, 0.717) is 13.2 Å². The van der Waals surface area contributed by atoms with E-state index in [0.717, 1.165) is 0 Å². The lowest BCUT2D eigenvalue weighted by Crippen LogP contribution is -2.34. The summed E-state index contributed by atoms with van der Waals surface area (Å²) in [5, 5.41) is 8.75. The Morgan fingerprint density at radius 2 is 2.00 bits per heavy atom. The number of hydrogen-bond acceptors (Lipinski definition) is 4. The lowest BCUT2D eigenvalue weighted by atomic mass is 10.2. The normalized spacial score (nSPS) is 21.1. The summed E-state index contributed by atoms with van der Waals surface area (Å²) in [5.41, 5.74) is 0.0553. The highest BCUT2D eigenvalue weighted by Gasteiger charge is 2.33. The monoisotopic (exact) mass is 271 g/mol. The van der Waals surface area contributed by atoms with E-state index in [9.17, 15) is 13.2 Å². The van der Waals surface area contributed by atoms with E-state index in [1.54, 1.807) is 6.92 Å². The predicted molar refractivity (Wildman–Crippen MR) is 62.7 cm³/mol. The van der Waals surface area contributed by atoms with Crippen LogP contribution in [0, 0.1) is 0 Å². The Kier molecular flexibility index (Phi) is 3.38. The number of ether oxygens (including phenoxy) is 1. The van der Waals surface area contributed by atoms with Gasteiger partial charge in [-0.15, -0.1) is 0 Å². The lowest BCUT2D eigenvalue weighted by molar-refractivity contribution is 0.0696. The molecule has 1 heterocycles. The Morgan fingerprint density at radius 1 is 1.39 bits per heavy atom. The van der Waals surface area contributed by atoms with Crippen LogP contribution in [0.2, 0.25) is 0 Å². The van der Waals surface area contributed by atoms with Crippen molar-refractivity contribution in [3.8, 4) is 0 Å². The second-order valence-electron chi connectivity index (χ2n) is 3.92. The summed E-state index contributed by atoms with van der Waals surface area (Å²) in [4.78, 5) is 10.8. The van der Waals surface area contributed by atoms with Gasteiger partial charge in [0.05, 0.1) is 17.1 Å². The summed E-state index contributed by atoms with van der Waals surface area (Å²) in [6.45, 7) is 2.34. The van der Waals surface area contributed by atoms with Crippen molar-refractivity contribution in [2.45, 2.75) is 18.0 Å². The van der Waals surface area contributed by atoms with Gasteiger partial charge < -0.3 is 9.84 Å². The van der Waals surface area contributed by atoms with Gasteiger partial charge in [-0.1, -0.05) is 0 Å². The molecular formula is C11H13NO5S. The van der Waals surface area contributed by atoms with Crippen LogP contribution < -0.4 is 0 Å². The van der Waals surface area contributed by atoms with Crippen LogP contribution in [0.5, 0.6) is 0 Å². The van der Waals surface area contributed by atoms with Crippen LogP contribution in [-0.2, 0) is 14.8 Å². The number of sulfonamides is 1. The third-order valence-corrected chi connectivity index (χ3v) is 4.75. The summed E-state index contributed by atoms with van der Waals surface area (Å²) in [7, 11) is -3.61. The van der Waals surface area contributed by atoms with Gasteiger partial charge >= 0.3 is 5.97 Å². The third kappa shape index (κ3) is 2.24. The van der Waals surface area contributed by atoms with Crippen LogP contribution in [0.25, 0.3) is 0 Å². The highest BCUT2D eigenvalue weighted by atomic mass is 32.2. The van der Waals surface area contributed by atoms with Crippen molar-refractivity contribution in [2.24, 2.45) is 0 Å². The fourth-order valence-corrected chi connectivity index (χ4v) is 3.32. The van der Waals surface area contributed by atoms with E-state index < -0.39 is 22.2 Å². The molecule has 2 rings (SSSR count). The fourth-order valence-electron chi connectivity index (χ4n) is 1.80. The molecule has 1 aliphatic heterocycles. The molecule has 0 bridgehead atoms. The van der Waals surface area contributed by atoms with Gasteiger partial charge in [0, 0.05) is 6.54 Å². The topological polar surface area (TPSA) is 83.9 Å². The molecule has 0 radical (unpaired) electrons. The maximum atomic E-state index is 12.2. The van der Waals surface area contributed by atoms with Gasteiger partial charge in [-0.25, -0.2) is 13.2 Å². The number of nitrogens with zero attached hydrogens (tertiary/aromatic N) is 1. The van der Waals surface area contributed by atoms with Gasteiger partial charge in [0.2, 0.25) is 10.0 Å². The van der Waals surface area contributed by atoms with Gasteiger partial charge in [-0.3, -0.25) is 0 Å².